The van der Waals surface area contributed by atoms with Crippen molar-refractivity contribution in [1.29, 1.82) is 0 Å². The third-order valence-electron chi connectivity index (χ3n) is 4.50. The Kier molecular flexibility index (Phi) is 4.81. The monoisotopic (exact) mass is 264 g/mol. The van der Waals surface area contributed by atoms with Crippen LogP contribution in [-0.4, -0.2) is 12.1 Å². The van der Waals surface area contributed by atoms with Crippen LogP contribution in [0.4, 0.5) is 10.1 Å². The van der Waals surface area contributed by atoms with Crippen molar-refractivity contribution >= 4 is 5.69 Å². The van der Waals surface area contributed by atoms with E-state index in [0.717, 1.165) is 24.4 Å². The van der Waals surface area contributed by atoms with Gasteiger partial charge in [-0.1, -0.05) is 32.3 Å². The van der Waals surface area contributed by atoms with E-state index in [1.807, 2.05) is 6.07 Å². The quantitative estimate of drug-likeness (QED) is 0.809. The summed E-state index contributed by atoms with van der Waals surface area (Å²) >= 11 is 0. The van der Waals surface area contributed by atoms with Gasteiger partial charge in [0.1, 0.15) is 5.82 Å². The summed E-state index contributed by atoms with van der Waals surface area (Å²) in [5, 5.41) is 3.50. The zero-order chi connectivity index (χ0) is 13.7. The molecular formula is C16H25FN2. The first-order valence-electron chi connectivity index (χ1n) is 7.41. The minimum atomic E-state index is -0.197. The van der Waals surface area contributed by atoms with Crippen molar-refractivity contribution in [1.82, 2.24) is 0 Å². The molecule has 3 heteroatoms. The van der Waals surface area contributed by atoms with Gasteiger partial charge < -0.3 is 11.1 Å². The molecule has 0 amide bonds. The van der Waals surface area contributed by atoms with Gasteiger partial charge in [0.2, 0.25) is 0 Å². The SMILES string of the molecule is CCC1CCCC(CN)(Nc2cccc(F)c2)CC1. The Balaban J connectivity index is 2.09. The summed E-state index contributed by atoms with van der Waals surface area (Å²) in [7, 11) is 0. The topological polar surface area (TPSA) is 38.0 Å². The third-order valence-corrected chi connectivity index (χ3v) is 4.50. The second kappa shape index (κ2) is 6.38. The van der Waals surface area contributed by atoms with Gasteiger partial charge in [-0.25, -0.2) is 4.39 Å². The maximum absolute atomic E-state index is 13.3. The standard InChI is InChI=1S/C16H25FN2/c1-2-13-5-4-9-16(12-18,10-8-13)19-15-7-3-6-14(17)11-15/h3,6-7,11,13,19H,2,4-5,8-10,12,18H2,1H3. The molecule has 1 saturated carbocycles. The van der Waals surface area contributed by atoms with E-state index in [1.54, 1.807) is 12.1 Å². The van der Waals surface area contributed by atoms with Gasteiger partial charge >= 0.3 is 0 Å². The highest BCUT2D eigenvalue weighted by molar-refractivity contribution is 5.46. The van der Waals surface area contributed by atoms with Gasteiger partial charge in [0.15, 0.2) is 0 Å². The molecule has 19 heavy (non-hydrogen) atoms. The van der Waals surface area contributed by atoms with Crippen molar-refractivity contribution in [2.75, 3.05) is 11.9 Å². The van der Waals surface area contributed by atoms with Gasteiger partial charge in [0.25, 0.3) is 0 Å². The number of benzene rings is 1. The molecule has 2 rings (SSSR count). The lowest BCUT2D eigenvalue weighted by atomic mass is 9.89. The fraction of sp³-hybridized carbons (Fsp3) is 0.625. The minimum Gasteiger partial charge on any atom is -0.378 e. The maximum atomic E-state index is 13.3. The van der Waals surface area contributed by atoms with E-state index in [9.17, 15) is 4.39 Å². The summed E-state index contributed by atoms with van der Waals surface area (Å²) in [5.41, 5.74) is 6.81. The number of nitrogens with two attached hydrogens (primary N) is 1. The smallest absolute Gasteiger partial charge is 0.125 e. The van der Waals surface area contributed by atoms with Gasteiger partial charge in [0.05, 0.1) is 0 Å². The average Bonchev–Trinajstić information content (AvgIpc) is 2.62. The summed E-state index contributed by atoms with van der Waals surface area (Å²) < 4.78 is 13.3. The number of anilines is 1. The zero-order valence-corrected chi connectivity index (χ0v) is 11.8. The molecule has 106 valence electrons. The highest BCUT2D eigenvalue weighted by atomic mass is 19.1. The number of nitrogens with one attached hydrogen (secondary N) is 1. The molecule has 1 fully saturated rings. The van der Waals surface area contributed by atoms with Crippen LogP contribution in [0.5, 0.6) is 0 Å². The zero-order valence-electron chi connectivity index (χ0n) is 11.8. The van der Waals surface area contributed by atoms with E-state index in [-0.39, 0.29) is 11.4 Å². The van der Waals surface area contributed by atoms with Crippen LogP contribution in [-0.2, 0) is 0 Å². The molecule has 0 saturated heterocycles. The van der Waals surface area contributed by atoms with Gasteiger partial charge in [-0.3, -0.25) is 0 Å². The summed E-state index contributed by atoms with van der Waals surface area (Å²) in [4.78, 5) is 0. The second-order valence-electron chi connectivity index (χ2n) is 5.82. The van der Waals surface area contributed by atoms with Crippen LogP contribution in [0.1, 0.15) is 45.4 Å². The van der Waals surface area contributed by atoms with E-state index < -0.39 is 0 Å². The Morgan fingerprint density at radius 3 is 2.89 bits per heavy atom. The molecule has 0 aliphatic heterocycles. The Morgan fingerprint density at radius 2 is 2.21 bits per heavy atom. The van der Waals surface area contributed by atoms with E-state index in [2.05, 4.69) is 12.2 Å². The van der Waals surface area contributed by atoms with E-state index in [4.69, 9.17) is 5.73 Å². The van der Waals surface area contributed by atoms with Gasteiger partial charge in [-0.2, -0.15) is 0 Å². The summed E-state index contributed by atoms with van der Waals surface area (Å²) in [5.74, 6) is 0.625. The molecule has 1 aromatic carbocycles. The lowest BCUT2D eigenvalue weighted by Crippen LogP contribution is -2.45. The number of rotatable bonds is 4. The molecule has 1 aliphatic carbocycles. The molecule has 2 atom stereocenters. The fourth-order valence-electron chi connectivity index (χ4n) is 3.14. The Hall–Kier alpha value is -1.09. The van der Waals surface area contributed by atoms with Crippen molar-refractivity contribution in [2.24, 2.45) is 11.7 Å². The molecule has 0 radical (unpaired) electrons. The third kappa shape index (κ3) is 3.69. The van der Waals surface area contributed by atoms with Gasteiger partial charge in [-0.15, -0.1) is 0 Å². The highest BCUT2D eigenvalue weighted by Gasteiger charge is 2.31. The van der Waals surface area contributed by atoms with E-state index in [1.165, 1.54) is 31.7 Å². The molecule has 0 spiro atoms. The Morgan fingerprint density at radius 1 is 1.37 bits per heavy atom. The second-order valence-corrected chi connectivity index (χ2v) is 5.82. The molecule has 0 aromatic heterocycles. The molecule has 3 N–H and O–H groups in total. The molecule has 0 bridgehead atoms. The van der Waals surface area contributed by atoms with Crippen molar-refractivity contribution < 1.29 is 4.39 Å². The van der Waals surface area contributed by atoms with Crippen LogP contribution >= 0.6 is 0 Å². The van der Waals surface area contributed by atoms with E-state index in [0.29, 0.717) is 6.54 Å². The van der Waals surface area contributed by atoms with Crippen LogP contribution in [0.3, 0.4) is 0 Å². The van der Waals surface area contributed by atoms with Crippen LogP contribution < -0.4 is 11.1 Å². The summed E-state index contributed by atoms with van der Waals surface area (Å²) in [6.45, 7) is 2.88. The van der Waals surface area contributed by atoms with Crippen LogP contribution in [0, 0.1) is 11.7 Å². The number of hydrogen-bond donors (Lipinski definition) is 2. The molecular weight excluding hydrogens is 239 g/mol. The van der Waals surface area contributed by atoms with Gasteiger partial charge in [-0.05, 0) is 43.4 Å². The molecule has 1 aromatic rings. The molecule has 2 nitrogen and oxygen atoms in total. The van der Waals surface area contributed by atoms with E-state index >= 15 is 0 Å². The number of halogens is 1. The van der Waals surface area contributed by atoms with Crippen LogP contribution in [0.15, 0.2) is 24.3 Å². The van der Waals surface area contributed by atoms with Crippen molar-refractivity contribution in [3.05, 3.63) is 30.1 Å². The Labute approximate surface area is 115 Å². The lowest BCUT2D eigenvalue weighted by Gasteiger charge is -2.34. The van der Waals surface area contributed by atoms with Crippen molar-refractivity contribution in [2.45, 2.75) is 51.0 Å². The first kappa shape index (κ1) is 14.3. The molecule has 0 heterocycles. The van der Waals surface area contributed by atoms with Crippen LogP contribution in [0.25, 0.3) is 0 Å². The van der Waals surface area contributed by atoms with Crippen LogP contribution in [0.2, 0.25) is 0 Å². The first-order valence-corrected chi connectivity index (χ1v) is 7.41. The molecule has 1 aliphatic rings. The predicted molar refractivity (Wildman–Crippen MR) is 78.7 cm³/mol. The first-order chi connectivity index (χ1) is 9.17. The lowest BCUT2D eigenvalue weighted by molar-refractivity contribution is 0.398. The average molecular weight is 264 g/mol. The highest BCUT2D eigenvalue weighted by Crippen LogP contribution is 2.33. The summed E-state index contributed by atoms with van der Waals surface area (Å²) in [6, 6.07) is 6.69. The maximum Gasteiger partial charge on any atom is 0.125 e. The van der Waals surface area contributed by atoms with Crippen molar-refractivity contribution in [3.63, 3.8) is 0 Å². The normalized spacial score (nSPS) is 27.8. The predicted octanol–water partition coefficient (Wildman–Crippen LogP) is 3.93. The fourth-order valence-corrected chi connectivity index (χ4v) is 3.14. The largest absolute Gasteiger partial charge is 0.378 e. The summed E-state index contributed by atoms with van der Waals surface area (Å²) in [6.07, 6.45) is 7.13. The number of hydrogen-bond acceptors (Lipinski definition) is 2. The minimum absolute atomic E-state index is 0.0578. The van der Waals surface area contributed by atoms with Gasteiger partial charge in [0, 0.05) is 17.8 Å². The Bertz CT molecular complexity index is 407. The van der Waals surface area contributed by atoms with Crippen molar-refractivity contribution in [3.8, 4) is 0 Å². The molecule has 2 unspecified atom stereocenters.